The van der Waals surface area contributed by atoms with Gasteiger partial charge in [-0.1, -0.05) is 32.1 Å². The summed E-state index contributed by atoms with van der Waals surface area (Å²) in [5, 5.41) is 0. The molecule has 0 heterocycles. The summed E-state index contributed by atoms with van der Waals surface area (Å²) < 4.78 is 0. The molecule has 0 aromatic carbocycles. The fraction of sp³-hybridized carbons (Fsp3) is 0.857. The minimum atomic E-state index is -0.275. The summed E-state index contributed by atoms with van der Waals surface area (Å²) in [6.45, 7) is 0. The van der Waals surface area contributed by atoms with E-state index in [0.717, 1.165) is 32.0 Å². The van der Waals surface area contributed by atoms with Crippen LogP contribution in [0.15, 0.2) is 0 Å². The molecule has 2 rings (SSSR count). The summed E-state index contributed by atoms with van der Waals surface area (Å²) in [6, 6.07) is 0. The molecule has 2 aliphatic carbocycles. The Kier molecular flexibility index (Phi) is 4.14. The van der Waals surface area contributed by atoms with Crippen LogP contribution in [0.3, 0.4) is 0 Å². The van der Waals surface area contributed by atoms with Crippen LogP contribution in [-0.4, -0.2) is 12.1 Å². The maximum Gasteiger partial charge on any atom is 0.146 e. The monoisotopic (exact) mass is 222 g/mol. The van der Waals surface area contributed by atoms with Crippen LogP contribution in [-0.2, 0) is 9.59 Å². The molecule has 2 heteroatoms. The largest absolute Gasteiger partial charge is 0.303 e. The number of carbonyl (C=O) groups is 2. The smallest absolute Gasteiger partial charge is 0.146 e. The highest BCUT2D eigenvalue weighted by Gasteiger charge is 2.34. The van der Waals surface area contributed by atoms with Crippen molar-refractivity contribution in [2.75, 3.05) is 0 Å². The van der Waals surface area contributed by atoms with Crippen LogP contribution in [0.1, 0.15) is 57.8 Å². The molecule has 0 saturated heterocycles. The number of hydrogen-bond donors (Lipinski definition) is 0. The van der Waals surface area contributed by atoms with Crippen molar-refractivity contribution < 1.29 is 9.59 Å². The molecule has 0 aromatic rings. The Hall–Kier alpha value is -0.660. The van der Waals surface area contributed by atoms with Crippen LogP contribution < -0.4 is 0 Å². The second-order valence-corrected chi connectivity index (χ2v) is 5.44. The normalized spacial score (nSPS) is 25.5. The highest BCUT2D eigenvalue weighted by molar-refractivity contribution is 5.95. The number of aldehydes is 1. The SMILES string of the molecule is O=CC(C(=O)C1CCCC1)C1CCCCC1. The average Bonchev–Trinajstić information content (AvgIpc) is 2.85. The lowest BCUT2D eigenvalue weighted by Gasteiger charge is -2.27. The highest BCUT2D eigenvalue weighted by Crippen LogP contribution is 2.34. The Labute approximate surface area is 97.8 Å². The number of Topliss-reactive ketones (excluding diaryl/α,β-unsaturated/α-hetero) is 1. The Balaban J connectivity index is 1.96. The van der Waals surface area contributed by atoms with E-state index in [9.17, 15) is 9.59 Å². The fourth-order valence-corrected chi connectivity index (χ4v) is 3.39. The predicted octanol–water partition coefficient (Wildman–Crippen LogP) is 3.14. The summed E-state index contributed by atoms with van der Waals surface area (Å²) in [5.74, 6) is 0.555. The van der Waals surface area contributed by atoms with Gasteiger partial charge in [0.25, 0.3) is 0 Å². The first-order valence-electron chi connectivity index (χ1n) is 6.82. The predicted molar refractivity (Wildman–Crippen MR) is 63.1 cm³/mol. The van der Waals surface area contributed by atoms with Crippen LogP contribution in [0.5, 0.6) is 0 Å². The molecule has 1 atom stereocenters. The highest BCUT2D eigenvalue weighted by atomic mass is 16.1. The zero-order valence-corrected chi connectivity index (χ0v) is 9.99. The molecule has 0 amide bonds. The number of hydrogen-bond acceptors (Lipinski definition) is 2. The van der Waals surface area contributed by atoms with E-state index in [2.05, 4.69) is 0 Å². The Morgan fingerprint density at radius 1 is 0.938 bits per heavy atom. The van der Waals surface area contributed by atoms with Crippen molar-refractivity contribution in [1.82, 2.24) is 0 Å². The lowest BCUT2D eigenvalue weighted by molar-refractivity contribution is -0.133. The van der Waals surface area contributed by atoms with Crippen LogP contribution >= 0.6 is 0 Å². The Bertz CT molecular complexity index is 247. The van der Waals surface area contributed by atoms with E-state index in [1.165, 1.54) is 32.1 Å². The van der Waals surface area contributed by atoms with E-state index in [4.69, 9.17) is 0 Å². The average molecular weight is 222 g/mol. The van der Waals surface area contributed by atoms with Gasteiger partial charge >= 0.3 is 0 Å². The summed E-state index contributed by atoms with van der Waals surface area (Å²) in [5.41, 5.74) is 0. The molecule has 1 unspecified atom stereocenters. The standard InChI is InChI=1S/C14H22O2/c15-10-13(11-6-2-1-3-7-11)14(16)12-8-4-5-9-12/h10-13H,1-9H2. The van der Waals surface area contributed by atoms with Gasteiger partial charge in [-0.05, 0) is 31.6 Å². The first-order valence-corrected chi connectivity index (χ1v) is 6.82. The molecule has 90 valence electrons. The number of ketones is 1. The first kappa shape index (κ1) is 11.8. The topological polar surface area (TPSA) is 34.1 Å². The zero-order valence-electron chi connectivity index (χ0n) is 9.99. The molecule has 0 N–H and O–H groups in total. The molecule has 0 aliphatic heterocycles. The van der Waals surface area contributed by atoms with Crippen molar-refractivity contribution in [3.8, 4) is 0 Å². The Morgan fingerprint density at radius 3 is 2.06 bits per heavy atom. The van der Waals surface area contributed by atoms with Gasteiger partial charge in [0.05, 0.1) is 5.92 Å². The quantitative estimate of drug-likeness (QED) is 0.541. The van der Waals surface area contributed by atoms with E-state index in [0.29, 0.717) is 5.92 Å². The van der Waals surface area contributed by atoms with E-state index in [1.807, 2.05) is 0 Å². The third-order valence-corrected chi connectivity index (χ3v) is 4.39. The summed E-state index contributed by atoms with van der Waals surface area (Å²) in [4.78, 5) is 23.4. The van der Waals surface area contributed by atoms with Crippen LogP contribution in [0.2, 0.25) is 0 Å². The minimum absolute atomic E-state index is 0.206. The molecule has 0 spiro atoms. The van der Waals surface area contributed by atoms with E-state index in [1.54, 1.807) is 0 Å². The van der Waals surface area contributed by atoms with Crippen LogP contribution in [0.4, 0.5) is 0 Å². The van der Waals surface area contributed by atoms with Gasteiger partial charge in [0, 0.05) is 5.92 Å². The molecule has 2 saturated carbocycles. The molecular formula is C14H22O2. The van der Waals surface area contributed by atoms with E-state index in [-0.39, 0.29) is 17.6 Å². The van der Waals surface area contributed by atoms with Gasteiger partial charge in [0.15, 0.2) is 0 Å². The van der Waals surface area contributed by atoms with Crippen molar-refractivity contribution >= 4 is 12.1 Å². The van der Waals surface area contributed by atoms with Crippen molar-refractivity contribution in [2.45, 2.75) is 57.8 Å². The lowest BCUT2D eigenvalue weighted by Crippen LogP contribution is -2.31. The maximum absolute atomic E-state index is 12.2. The number of carbonyl (C=O) groups excluding carboxylic acids is 2. The maximum atomic E-state index is 12.2. The van der Waals surface area contributed by atoms with Gasteiger partial charge in [-0.15, -0.1) is 0 Å². The molecule has 0 aromatic heterocycles. The Morgan fingerprint density at radius 2 is 1.50 bits per heavy atom. The third kappa shape index (κ3) is 2.53. The second-order valence-electron chi connectivity index (χ2n) is 5.44. The third-order valence-electron chi connectivity index (χ3n) is 4.39. The molecule has 0 radical (unpaired) electrons. The summed E-state index contributed by atoms with van der Waals surface area (Å²) in [7, 11) is 0. The van der Waals surface area contributed by atoms with Crippen molar-refractivity contribution in [2.24, 2.45) is 17.8 Å². The van der Waals surface area contributed by atoms with Crippen LogP contribution in [0, 0.1) is 17.8 Å². The molecule has 0 bridgehead atoms. The molecule has 2 nitrogen and oxygen atoms in total. The van der Waals surface area contributed by atoms with E-state index < -0.39 is 0 Å². The van der Waals surface area contributed by atoms with Gasteiger partial charge in [-0.3, -0.25) is 4.79 Å². The van der Waals surface area contributed by atoms with Crippen molar-refractivity contribution in [3.63, 3.8) is 0 Å². The first-order chi connectivity index (χ1) is 7.83. The van der Waals surface area contributed by atoms with Crippen molar-refractivity contribution in [1.29, 1.82) is 0 Å². The van der Waals surface area contributed by atoms with E-state index >= 15 is 0 Å². The summed E-state index contributed by atoms with van der Waals surface area (Å²) >= 11 is 0. The van der Waals surface area contributed by atoms with Gasteiger partial charge < -0.3 is 4.79 Å². The van der Waals surface area contributed by atoms with Crippen molar-refractivity contribution in [3.05, 3.63) is 0 Å². The zero-order chi connectivity index (χ0) is 11.4. The summed E-state index contributed by atoms with van der Waals surface area (Å²) in [6.07, 6.45) is 11.2. The fourth-order valence-electron chi connectivity index (χ4n) is 3.39. The minimum Gasteiger partial charge on any atom is -0.303 e. The van der Waals surface area contributed by atoms with Gasteiger partial charge in [0.2, 0.25) is 0 Å². The molecule has 2 fully saturated rings. The molecular weight excluding hydrogens is 200 g/mol. The van der Waals surface area contributed by atoms with Gasteiger partial charge in [-0.2, -0.15) is 0 Å². The molecule has 16 heavy (non-hydrogen) atoms. The second kappa shape index (κ2) is 5.60. The molecule has 2 aliphatic rings. The number of rotatable bonds is 4. The van der Waals surface area contributed by atoms with Crippen LogP contribution in [0.25, 0.3) is 0 Å². The van der Waals surface area contributed by atoms with Gasteiger partial charge in [-0.25, -0.2) is 0 Å². The van der Waals surface area contributed by atoms with Gasteiger partial charge in [0.1, 0.15) is 12.1 Å². The lowest BCUT2D eigenvalue weighted by atomic mass is 9.76.